The maximum absolute atomic E-state index is 13.1. The zero-order valence-corrected chi connectivity index (χ0v) is 11.2. The first-order valence-electron chi connectivity index (χ1n) is 6.69. The Balaban J connectivity index is 2.27. The molecule has 1 fully saturated rings. The molecule has 0 saturated heterocycles. The topological polar surface area (TPSA) is 42.4 Å². The summed E-state index contributed by atoms with van der Waals surface area (Å²) in [7, 11) is 1.41. The van der Waals surface area contributed by atoms with Gasteiger partial charge in [0, 0.05) is 12.1 Å². The van der Waals surface area contributed by atoms with Crippen molar-refractivity contribution in [3.05, 3.63) is 24.0 Å². The average Bonchev–Trinajstić information content (AvgIpc) is 2.45. The number of aliphatic hydroxyl groups is 1. The normalized spacial score (nSPS) is 25.2. The zero-order valence-electron chi connectivity index (χ0n) is 11.2. The Morgan fingerprint density at radius 1 is 1.35 bits per heavy atom. The Bertz CT molecular complexity index is 450. The molecule has 2 rings (SSSR count). The monoisotopic (exact) mass is 289 g/mol. The molecule has 3 nitrogen and oxygen atoms in total. The summed E-state index contributed by atoms with van der Waals surface area (Å²) in [6.07, 6.45) is -2.42. The number of aromatic nitrogens is 1. The first kappa shape index (κ1) is 15.1. The summed E-state index contributed by atoms with van der Waals surface area (Å²) in [5.41, 5.74) is 0.191. The molecule has 3 atom stereocenters. The molecule has 0 aliphatic heterocycles. The van der Waals surface area contributed by atoms with Gasteiger partial charge in [0.2, 0.25) is 0 Å². The van der Waals surface area contributed by atoms with Gasteiger partial charge in [-0.1, -0.05) is 12.8 Å². The Labute approximate surface area is 115 Å². The number of hydrogen-bond acceptors (Lipinski definition) is 3. The van der Waals surface area contributed by atoms with Crippen LogP contribution in [-0.2, 0) is 0 Å². The van der Waals surface area contributed by atoms with Crippen molar-refractivity contribution in [1.29, 1.82) is 0 Å². The molecule has 0 radical (unpaired) electrons. The number of nitrogens with zero attached hydrogens (tertiary/aromatic N) is 1. The number of aliphatic hydroxyl groups excluding tert-OH is 1. The van der Waals surface area contributed by atoms with E-state index in [1.54, 1.807) is 12.1 Å². The van der Waals surface area contributed by atoms with Crippen LogP contribution in [-0.4, -0.2) is 23.4 Å². The fraction of sp³-hybridized carbons (Fsp3) is 0.643. The van der Waals surface area contributed by atoms with Crippen LogP contribution >= 0.6 is 0 Å². The SMILES string of the molecule is COc1cccnc1C(O)C1CCCCC1C(F)(F)F. The fourth-order valence-electron chi connectivity index (χ4n) is 2.94. The van der Waals surface area contributed by atoms with Crippen LogP contribution in [0.4, 0.5) is 13.2 Å². The molecule has 112 valence electrons. The van der Waals surface area contributed by atoms with Crippen molar-refractivity contribution >= 4 is 0 Å². The molecule has 1 aromatic heterocycles. The van der Waals surface area contributed by atoms with Gasteiger partial charge < -0.3 is 9.84 Å². The van der Waals surface area contributed by atoms with Gasteiger partial charge in [-0.05, 0) is 25.0 Å². The number of methoxy groups -OCH3 is 1. The summed E-state index contributed by atoms with van der Waals surface area (Å²) in [5, 5.41) is 10.3. The molecule has 0 bridgehead atoms. The molecule has 1 heterocycles. The fourth-order valence-corrected chi connectivity index (χ4v) is 2.94. The van der Waals surface area contributed by atoms with Gasteiger partial charge in [-0.3, -0.25) is 4.98 Å². The second-order valence-corrected chi connectivity index (χ2v) is 5.13. The molecule has 3 unspecified atom stereocenters. The number of hydrogen-bond donors (Lipinski definition) is 1. The molecule has 0 aromatic carbocycles. The molecule has 1 aliphatic rings. The van der Waals surface area contributed by atoms with Gasteiger partial charge in [0.1, 0.15) is 17.5 Å². The van der Waals surface area contributed by atoms with Crippen molar-refractivity contribution in [2.45, 2.75) is 38.0 Å². The van der Waals surface area contributed by atoms with E-state index < -0.39 is 24.1 Å². The van der Waals surface area contributed by atoms with Gasteiger partial charge in [0.15, 0.2) is 0 Å². The number of rotatable bonds is 3. The van der Waals surface area contributed by atoms with E-state index in [-0.39, 0.29) is 12.1 Å². The number of alkyl halides is 3. The minimum absolute atomic E-state index is 0.0698. The minimum atomic E-state index is -4.28. The lowest BCUT2D eigenvalue weighted by Gasteiger charge is -2.35. The van der Waals surface area contributed by atoms with Gasteiger partial charge in [-0.25, -0.2) is 0 Å². The Morgan fingerprint density at radius 2 is 2.05 bits per heavy atom. The number of halogens is 3. The molecule has 20 heavy (non-hydrogen) atoms. The third-order valence-corrected chi connectivity index (χ3v) is 3.95. The van der Waals surface area contributed by atoms with Crippen molar-refractivity contribution in [3.63, 3.8) is 0 Å². The summed E-state index contributed by atoms with van der Waals surface area (Å²) in [6.45, 7) is 0. The predicted octanol–water partition coefficient (Wildman–Crippen LogP) is 3.49. The Hall–Kier alpha value is -1.30. The number of pyridine rings is 1. The van der Waals surface area contributed by atoms with Crippen LogP contribution in [0.5, 0.6) is 5.75 Å². The zero-order chi connectivity index (χ0) is 14.8. The maximum Gasteiger partial charge on any atom is 0.392 e. The molecule has 0 spiro atoms. The summed E-state index contributed by atoms with van der Waals surface area (Å²) >= 11 is 0. The maximum atomic E-state index is 13.1. The Morgan fingerprint density at radius 3 is 2.70 bits per heavy atom. The van der Waals surface area contributed by atoms with E-state index in [0.29, 0.717) is 25.0 Å². The van der Waals surface area contributed by atoms with Crippen molar-refractivity contribution in [2.75, 3.05) is 7.11 Å². The van der Waals surface area contributed by atoms with E-state index in [2.05, 4.69) is 4.98 Å². The molecule has 0 amide bonds. The standard InChI is InChI=1S/C14H18F3NO2/c1-20-11-7-4-8-18-12(11)13(19)9-5-2-3-6-10(9)14(15,16)17/h4,7-10,13,19H,2-3,5-6H2,1H3. The summed E-state index contributed by atoms with van der Waals surface area (Å²) < 4.78 is 44.3. The van der Waals surface area contributed by atoms with Crippen LogP contribution in [0.15, 0.2) is 18.3 Å². The summed E-state index contributed by atoms with van der Waals surface area (Å²) in [5.74, 6) is -2.00. The molecule has 1 aromatic rings. The van der Waals surface area contributed by atoms with Gasteiger partial charge in [-0.15, -0.1) is 0 Å². The molecular weight excluding hydrogens is 271 g/mol. The van der Waals surface area contributed by atoms with Crippen LogP contribution in [0.1, 0.15) is 37.5 Å². The highest BCUT2D eigenvalue weighted by Crippen LogP contribution is 2.47. The quantitative estimate of drug-likeness (QED) is 0.926. The van der Waals surface area contributed by atoms with E-state index in [1.807, 2.05) is 0 Å². The van der Waals surface area contributed by atoms with E-state index in [9.17, 15) is 18.3 Å². The molecule has 1 N–H and O–H groups in total. The average molecular weight is 289 g/mol. The highest BCUT2D eigenvalue weighted by atomic mass is 19.4. The van der Waals surface area contributed by atoms with Gasteiger partial charge in [0.25, 0.3) is 0 Å². The van der Waals surface area contributed by atoms with Crippen LogP contribution in [0.25, 0.3) is 0 Å². The van der Waals surface area contributed by atoms with E-state index in [1.165, 1.54) is 13.3 Å². The second-order valence-electron chi connectivity index (χ2n) is 5.13. The van der Waals surface area contributed by atoms with Gasteiger partial charge >= 0.3 is 6.18 Å². The van der Waals surface area contributed by atoms with Crippen molar-refractivity contribution in [2.24, 2.45) is 11.8 Å². The van der Waals surface area contributed by atoms with Gasteiger partial charge in [-0.2, -0.15) is 13.2 Å². The Kier molecular flexibility index (Phi) is 4.52. The van der Waals surface area contributed by atoms with Crippen molar-refractivity contribution < 1.29 is 23.0 Å². The van der Waals surface area contributed by atoms with Crippen LogP contribution in [0, 0.1) is 11.8 Å². The second kappa shape index (κ2) is 5.99. The minimum Gasteiger partial charge on any atom is -0.495 e. The molecule has 1 saturated carbocycles. The smallest absolute Gasteiger partial charge is 0.392 e. The molecule has 6 heteroatoms. The lowest BCUT2D eigenvalue weighted by Crippen LogP contribution is -2.36. The summed E-state index contributed by atoms with van der Waals surface area (Å²) in [6, 6.07) is 3.22. The first-order valence-corrected chi connectivity index (χ1v) is 6.69. The summed E-state index contributed by atoms with van der Waals surface area (Å²) in [4.78, 5) is 4.00. The van der Waals surface area contributed by atoms with Crippen LogP contribution < -0.4 is 4.74 Å². The number of ether oxygens (including phenoxy) is 1. The highest BCUT2D eigenvalue weighted by Gasteiger charge is 2.48. The van der Waals surface area contributed by atoms with E-state index >= 15 is 0 Å². The van der Waals surface area contributed by atoms with Crippen LogP contribution in [0.2, 0.25) is 0 Å². The third-order valence-electron chi connectivity index (χ3n) is 3.95. The predicted molar refractivity (Wildman–Crippen MR) is 67.3 cm³/mol. The largest absolute Gasteiger partial charge is 0.495 e. The first-order chi connectivity index (χ1) is 9.45. The van der Waals surface area contributed by atoms with Gasteiger partial charge in [0.05, 0.1) is 13.0 Å². The molecular formula is C14H18F3NO2. The van der Waals surface area contributed by atoms with Crippen LogP contribution in [0.3, 0.4) is 0 Å². The molecule has 1 aliphatic carbocycles. The van der Waals surface area contributed by atoms with E-state index in [0.717, 1.165) is 0 Å². The third kappa shape index (κ3) is 3.06. The lowest BCUT2D eigenvalue weighted by atomic mass is 9.75. The lowest BCUT2D eigenvalue weighted by molar-refractivity contribution is -0.207. The highest BCUT2D eigenvalue weighted by molar-refractivity contribution is 5.29. The van der Waals surface area contributed by atoms with Crippen molar-refractivity contribution in [1.82, 2.24) is 4.98 Å². The van der Waals surface area contributed by atoms with E-state index in [4.69, 9.17) is 4.74 Å². The van der Waals surface area contributed by atoms with Crippen molar-refractivity contribution in [3.8, 4) is 5.75 Å².